The van der Waals surface area contributed by atoms with Gasteiger partial charge >= 0.3 is 6.03 Å². The van der Waals surface area contributed by atoms with Crippen LogP contribution in [0.4, 0.5) is 10.6 Å². The molecule has 0 saturated heterocycles. The molecule has 0 aliphatic carbocycles. The third-order valence-corrected chi connectivity index (χ3v) is 3.55. The van der Waals surface area contributed by atoms with Gasteiger partial charge in [0.2, 0.25) is 0 Å². The van der Waals surface area contributed by atoms with Crippen molar-refractivity contribution in [1.29, 1.82) is 0 Å². The van der Waals surface area contributed by atoms with Crippen molar-refractivity contribution in [3.63, 3.8) is 0 Å². The molecule has 0 spiro atoms. The predicted octanol–water partition coefficient (Wildman–Crippen LogP) is 2.16. The lowest BCUT2D eigenvalue weighted by atomic mass is 9.86. The number of carbonyl (C=O) groups is 1. The topological polar surface area (TPSA) is 76.8 Å². The van der Waals surface area contributed by atoms with Gasteiger partial charge in [0, 0.05) is 32.1 Å². The van der Waals surface area contributed by atoms with Gasteiger partial charge in [0.25, 0.3) is 0 Å². The summed E-state index contributed by atoms with van der Waals surface area (Å²) in [6.07, 6.45) is 5.38. The fourth-order valence-corrected chi connectivity index (χ4v) is 2.18. The number of aromatic nitrogens is 4. The summed E-state index contributed by atoms with van der Waals surface area (Å²) in [4.78, 5) is 16.3. The molecular formula is C15H24N6O. The van der Waals surface area contributed by atoms with Crippen LogP contribution in [0, 0.1) is 12.3 Å². The zero-order valence-corrected chi connectivity index (χ0v) is 13.8. The third kappa shape index (κ3) is 4.09. The van der Waals surface area contributed by atoms with Gasteiger partial charge in [-0.05, 0) is 12.3 Å². The van der Waals surface area contributed by atoms with E-state index in [2.05, 4.69) is 41.5 Å². The van der Waals surface area contributed by atoms with Crippen molar-refractivity contribution >= 4 is 11.8 Å². The first-order valence-electron chi connectivity index (χ1n) is 7.29. The Morgan fingerprint density at radius 1 is 1.41 bits per heavy atom. The van der Waals surface area contributed by atoms with Crippen LogP contribution in [0.1, 0.15) is 26.5 Å². The normalized spacial score (nSPS) is 13.0. The van der Waals surface area contributed by atoms with Crippen molar-refractivity contribution in [1.82, 2.24) is 24.6 Å². The Hall–Kier alpha value is -2.31. The zero-order chi connectivity index (χ0) is 16.3. The first-order valence-corrected chi connectivity index (χ1v) is 7.29. The van der Waals surface area contributed by atoms with Crippen molar-refractivity contribution < 1.29 is 4.79 Å². The average molecular weight is 304 g/mol. The summed E-state index contributed by atoms with van der Waals surface area (Å²) >= 11 is 0. The molecule has 7 nitrogen and oxygen atoms in total. The van der Waals surface area contributed by atoms with Crippen molar-refractivity contribution in [3.8, 4) is 0 Å². The maximum absolute atomic E-state index is 12.3. The molecule has 0 unspecified atom stereocenters. The van der Waals surface area contributed by atoms with Gasteiger partial charge in [-0.25, -0.2) is 9.78 Å². The van der Waals surface area contributed by atoms with Gasteiger partial charge in [-0.3, -0.25) is 10.00 Å². The number of imidazole rings is 1. The average Bonchev–Trinajstić information content (AvgIpc) is 2.98. The van der Waals surface area contributed by atoms with E-state index in [0.717, 1.165) is 5.69 Å². The molecule has 0 aromatic carbocycles. The highest BCUT2D eigenvalue weighted by Crippen LogP contribution is 2.21. The zero-order valence-electron chi connectivity index (χ0n) is 13.8. The molecule has 0 saturated carbocycles. The highest BCUT2D eigenvalue weighted by Gasteiger charge is 2.26. The second kappa shape index (κ2) is 6.21. The monoisotopic (exact) mass is 304 g/mol. The lowest BCUT2D eigenvalue weighted by Gasteiger charge is -2.31. The van der Waals surface area contributed by atoms with Gasteiger partial charge in [0.15, 0.2) is 0 Å². The van der Waals surface area contributed by atoms with E-state index in [1.807, 2.05) is 23.8 Å². The summed E-state index contributed by atoms with van der Waals surface area (Å²) in [6, 6.07) is 1.57. The number of rotatable bonds is 4. The number of carbonyl (C=O) groups excluding carboxylic acids is 1. The highest BCUT2D eigenvalue weighted by molar-refractivity contribution is 5.88. The Bertz CT molecular complexity index is 623. The third-order valence-electron chi connectivity index (χ3n) is 3.55. The number of nitrogens with zero attached hydrogens (tertiary/aromatic N) is 4. The molecule has 2 amide bonds. The van der Waals surface area contributed by atoms with E-state index in [9.17, 15) is 4.79 Å². The molecule has 2 heterocycles. The molecule has 1 atom stereocenters. The van der Waals surface area contributed by atoms with Crippen molar-refractivity contribution in [2.75, 3.05) is 5.32 Å². The van der Waals surface area contributed by atoms with Crippen LogP contribution < -0.4 is 10.6 Å². The summed E-state index contributed by atoms with van der Waals surface area (Å²) in [7, 11) is 1.80. The lowest BCUT2D eigenvalue weighted by molar-refractivity contribution is 0.218. The fourth-order valence-electron chi connectivity index (χ4n) is 2.18. The molecule has 0 fully saturated rings. The molecule has 0 radical (unpaired) electrons. The number of urea groups is 1. The SMILES string of the molecule is Cc1cc(NC(=O)N[C@H](Cn2ccnc2)C(C)(C)C)n(C)n1. The second-order valence-electron chi connectivity index (χ2n) is 6.57. The largest absolute Gasteiger partial charge is 0.335 e. The van der Waals surface area contributed by atoms with Crippen LogP contribution in [-0.4, -0.2) is 31.4 Å². The van der Waals surface area contributed by atoms with E-state index in [1.165, 1.54) is 0 Å². The minimum absolute atomic E-state index is 0.0315. The van der Waals surface area contributed by atoms with Gasteiger partial charge in [-0.2, -0.15) is 5.10 Å². The minimum Gasteiger partial charge on any atom is -0.335 e. The molecule has 22 heavy (non-hydrogen) atoms. The Labute approximate surface area is 130 Å². The smallest absolute Gasteiger partial charge is 0.320 e. The first kappa shape index (κ1) is 16.1. The number of amides is 2. The highest BCUT2D eigenvalue weighted by atomic mass is 16.2. The van der Waals surface area contributed by atoms with Crippen LogP contribution in [0.15, 0.2) is 24.8 Å². The van der Waals surface area contributed by atoms with Crippen molar-refractivity contribution in [2.24, 2.45) is 12.5 Å². The van der Waals surface area contributed by atoms with E-state index >= 15 is 0 Å². The molecule has 120 valence electrons. The van der Waals surface area contributed by atoms with Crippen molar-refractivity contribution in [3.05, 3.63) is 30.5 Å². The lowest BCUT2D eigenvalue weighted by Crippen LogP contribution is -2.48. The van der Waals surface area contributed by atoms with Crippen LogP contribution in [0.2, 0.25) is 0 Å². The maximum Gasteiger partial charge on any atom is 0.320 e. The van der Waals surface area contributed by atoms with Crippen LogP contribution in [0.25, 0.3) is 0 Å². The second-order valence-corrected chi connectivity index (χ2v) is 6.57. The Kier molecular flexibility index (Phi) is 4.54. The number of aryl methyl sites for hydroxylation is 2. The fraction of sp³-hybridized carbons (Fsp3) is 0.533. The first-order chi connectivity index (χ1) is 10.3. The number of hydrogen-bond acceptors (Lipinski definition) is 3. The quantitative estimate of drug-likeness (QED) is 0.908. The van der Waals surface area contributed by atoms with Gasteiger partial charge in [-0.1, -0.05) is 20.8 Å². The summed E-state index contributed by atoms with van der Waals surface area (Å²) in [6.45, 7) is 8.86. The predicted molar refractivity (Wildman–Crippen MR) is 85.6 cm³/mol. The molecule has 2 aromatic heterocycles. The van der Waals surface area contributed by atoms with E-state index in [4.69, 9.17) is 0 Å². The number of anilines is 1. The summed E-state index contributed by atoms with van der Waals surface area (Å²) in [5, 5.41) is 10.1. The molecule has 0 aliphatic rings. The summed E-state index contributed by atoms with van der Waals surface area (Å²) < 4.78 is 3.61. The van der Waals surface area contributed by atoms with E-state index in [0.29, 0.717) is 12.4 Å². The summed E-state index contributed by atoms with van der Waals surface area (Å²) in [5.41, 5.74) is 0.785. The Morgan fingerprint density at radius 3 is 2.64 bits per heavy atom. The Balaban J connectivity index is 2.03. The van der Waals surface area contributed by atoms with E-state index < -0.39 is 0 Å². The molecule has 2 N–H and O–H groups in total. The molecule has 0 aliphatic heterocycles. The molecule has 2 rings (SSSR count). The number of hydrogen-bond donors (Lipinski definition) is 2. The van der Waals surface area contributed by atoms with Crippen molar-refractivity contribution in [2.45, 2.75) is 40.3 Å². The maximum atomic E-state index is 12.3. The van der Waals surface area contributed by atoms with Gasteiger partial charge in [0.1, 0.15) is 5.82 Å². The van der Waals surface area contributed by atoms with E-state index in [1.54, 1.807) is 24.3 Å². The molecular weight excluding hydrogens is 280 g/mol. The van der Waals surface area contributed by atoms with Crippen LogP contribution in [0.3, 0.4) is 0 Å². The number of nitrogens with one attached hydrogen (secondary N) is 2. The molecule has 0 bridgehead atoms. The standard InChI is InChI=1S/C15H24N6O/c1-11-8-13(20(5)19-11)18-14(22)17-12(15(2,3)4)9-21-7-6-16-10-21/h6-8,10,12H,9H2,1-5H3,(H2,17,18,22)/t12-/m1/s1. The molecule has 2 aromatic rings. The summed E-state index contributed by atoms with van der Waals surface area (Å²) in [5.74, 6) is 0.672. The van der Waals surface area contributed by atoms with Crippen LogP contribution >= 0.6 is 0 Å². The van der Waals surface area contributed by atoms with E-state index in [-0.39, 0.29) is 17.5 Å². The van der Waals surface area contributed by atoms with Gasteiger partial charge in [0.05, 0.1) is 18.1 Å². The van der Waals surface area contributed by atoms with Gasteiger partial charge < -0.3 is 9.88 Å². The minimum atomic E-state index is -0.233. The van der Waals surface area contributed by atoms with Crippen LogP contribution in [0.5, 0.6) is 0 Å². The van der Waals surface area contributed by atoms with Crippen LogP contribution in [-0.2, 0) is 13.6 Å². The molecule has 7 heteroatoms. The van der Waals surface area contributed by atoms with Gasteiger partial charge in [-0.15, -0.1) is 0 Å². The Morgan fingerprint density at radius 2 is 2.14 bits per heavy atom.